The lowest BCUT2D eigenvalue weighted by atomic mass is 10.3. The van der Waals surface area contributed by atoms with Gasteiger partial charge in [0.25, 0.3) is 5.88 Å². The molecule has 0 saturated carbocycles. The van der Waals surface area contributed by atoms with Crippen LogP contribution >= 0.6 is 0 Å². The Morgan fingerprint density at radius 1 is 1.22 bits per heavy atom. The quantitative estimate of drug-likeness (QED) is 0.906. The van der Waals surface area contributed by atoms with Gasteiger partial charge in [-0.15, -0.1) is 0 Å². The predicted molar refractivity (Wildman–Crippen MR) is 55.4 cm³/mol. The van der Waals surface area contributed by atoms with Crippen molar-refractivity contribution in [3.63, 3.8) is 0 Å². The SMILES string of the molecule is O=C(O)c1nccnc1Oc1ccc(F)cc1F. The van der Waals surface area contributed by atoms with Crippen LogP contribution in [-0.2, 0) is 0 Å². The van der Waals surface area contributed by atoms with Crippen molar-refractivity contribution in [3.8, 4) is 11.6 Å². The molecule has 0 spiro atoms. The Bertz CT molecular complexity index is 605. The monoisotopic (exact) mass is 252 g/mol. The second-order valence-electron chi connectivity index (χ2n) is 3.19. The molecule has 0 fully saturated rings. The van der Waals surface area contributed by atoms with Crippen LogP contribution in [-0.4, -0.2) is 21.0 Å². The smallest absolute Gasteiger partial charge is 0.360 e. The average molecular weight is 252 g/mol. The van der Waals surface area contributed by atoms with Crippen LogP contribution in [0.15, 0.2) is 30.6 Å². The molecule has 7 heteroatoms. The van der Waals surface area contributed by atoms with Crippen molar-refractivity contribution in [3.05, 3.63) is 47.9 Å². The molecule has 0 aliphatic heterocycles. The number of carbonyl (C=O) groups is 1. The molecular formula is C11H6F2N2O3. The van der Waals surface area contributed by atoms with Crippen LogP contribution < -0.4 is 4.74 Å². The third-order valence-electron chi connectivity index (χ3n) is 1.97. The number of aromatic carboxylic acids is 1. The number of rotatable bonds is 3. The highest BCUT2D eigenvalue weighted by Crippen LogP contribution is 2.24. The first-order chi connectivity index (χ1) is 8.58. The van der Waals surface area contributed by atoms with Crippen molar-refractivity contribution < 1.29 is 23.4 Å². The van der Waals surface area contributed by atoms with Crippen molar-refractivity contribution in [2.75, 3.05) is 0 Å². The highest BCUT2D eigenvalue weighted by molar-refractivity contribution is 5.87. The highest BCUT2D eigenvalue weighted by Gasteiger charge is 2.16. The molecule has 2 rings (SSSR count). The molecule has 0 unspecified atom stereocenters. The predicted octanol–water partition coefficient (Wildman–Crippen LogP) is 2.25. The van der Waals surface area contributed by atoms with Gasteiger partial charge in [-0.25, -0.2) is 23.5 Å². The Labute approximate surface area is 99.7 Å². The van der Waals surface area contributed by atoms with E-state index in [2.05, 4.69) is 9.97 Å². The minimum atomic E-state index is -1.36. The molecule has 0 saturated heterocycles. The van der Waals surface area contributed by atoms with Crippen molar-refractivity contribution >= 4 is 5.97 Å². The largest absolute Gasteiger partial charge is 0.476 e. The first-order valence-corrected chi connectivity index (χ1v) is 4.75. The van der Waals surface area contributed by atoms with Gasteiger partial charge in [-0.05, 0) is 12.1 Å². The second-order valence-corrected chi connectivity index (χ2v) is 3.19. The van der Waals surface area contributed by atoms with Crippen molar-refractivity contribution in [1.29, 1.82) is 0 Å². The van der Waals surface area contributed by atoms with Crippen LogP contribution in [0.2, 0.25) is 0 Å². The van der Waals surface area contributed by atoms with Crippen molar-refractivity contribution in [2.24, 2.45) is 0 Å². The zero-order chi connectivity index (χ0) is 13.1. The van der Waals surface area contributed by atoms with E-state index in [0.717, 1.165) is 18.3 Å². The molecule has 18 heavy (non-hydrogen) atoms. The van der Waals surface area contributed by atoms with Crippen LogP contribution in [0.4, 0.5) is 8.78 Å². The lowest BCUT2D eigenvalue weighted by Crippen LogP contribution is -2.05. The fourth-order valence-corrected chi connectivity index (χ4v) is 1.21. The lowest BCUT2D eigenvalue weighted by Gasteiger charge is -2.07. The second kappa shape index (κ2) is 4.74. The lowest BCUT2D eigenvalue weighted by molar-refractivity contribution is 0.0686. The third-order valence-corrected chi connectivity index (χ3v) is 1.97. The summed E-state index contributed by atoms with van der Waals surface area (Å²) in [6.07, 6.45) is 2.36. The molecule has 0 aliphatic rings. The van der Waals surface area contributed by atoms with Crippen molar-refractivity contribution in [1.82, 2.24) is 9.97 Å². The maximum atomic E-state index is 13.3. The van der Waals surface area contributed by atoms with Gasteiger partial charge in [-0.3, -0.25) is 0 Å². The fraction of sp³-hybridized carbons (Fsp3) is 0. The fourth-order valence-electron chi connectivity index (χ4n) is 1.21. The van der Waals surface area contributed by atoms with E-state index in [9.17, 15) is 13.6 Å². The topological polar surface area (TPSA) is 72.3 Å². The Morgan fingerprint density at radius 3 is 2.61 bits per heavy atom. The molecule has 5 nitrogen and oxygen atoms in total. The van der Waals surface area contributed by atoms with Gasteiger partial charge < -0.3 is 9.84 Å². The molecule has 1 aromatic carbocycles. The number of carboxylic acid groups (broad SMARTS) is 1. The zero-order valence-electron chi connectivity index (χ0n) is 8.80. The number of hydrogen-bond donors (Lipinski definition) is 1. The number of halogens is 2. The molecule has 2 aromatic rings. The van der Waals surface area contributed by atoms with E-state index >= 15 is 0 Å². The van der Waals surface area contributed by atoms with Gasteiger partial charge in [0, 0.05) is 18.5 Å². The molecule has 92 valence electrons. The minimum absolute atomic E-state index is 0.334. The number of ether oxygens (including phenoxy) is 1. The average Bonchev–Trinajstić information content (AvgIpc) is 2.33. The summed E-state index contributed by atoms with van der Waals surface area (Å²) < 4.78 is 30.9. The number of benzene rings is 1. The molecule has 1 N–H and O–H groups in total. The van der Waals surface area contributed by atoms with Gasteiger partial charge in [0.1, 0.15) is 5.82 Å². The molecule has 0 amide bonds. The van der Waals surface area contributed by atoms with Gasteiger partial charge in [0.05, 0.1) is 0 Å². The van der Waals surface area contributed by atoms with E-state index in [-0.39, 0.29) is 11.6 Å². The van der Waals surface area contributed by atoms with Crippen LogP contribution in [0.25, 0.3) is 0 Å². The summed E-state index contributed by atoms with van der Waals surface area (Å²) >= 11 is 0. The van der Waals surface area contributed by atoms with Gasteiger partial charge in [-0.2, -0.15) is 0 Å². The molecule has 0 bridgehead atoms. The van der Waals surface area contributed by atoms with Crippen LogP contribution in [0, 0.1) is 11.6 Å². The van der Waals surface area contributed by atoms with Crippen molar-refractivity contribution in [2.45, 2.75) is 0 Å². The first kappa shape index (κ1) is 11.9. The molecule has 1 aromatic heterocycles. The summed E-state index contributed by atoms with van der Waals surface area (Å²) in [5.74, 6) is -3.79. The number of carboxylic acids is 1. The van der Waals surface area contributed by atoms with Crippen LogP contribution in [0.3, 0.4) is 0 Å². The first-order valence-electron chi connectivity index (χ1n) is 4.75. The zero-order valence-corrected chi connectivity index (χ0v) is 8.80. The normalized spacial score (nSPS) is 10.1. The Kier molecular flexibility index (Phi) is 3.13. The Balaban J connectivity index is 2.37. The molecule has 0 atom stereocenters. The van der Waals surface area contributed by atoms with E-state index in [0.29, 0.717) is 6.07 Å². The van der Waals surface area contributed by atoms with Gasteiger partial charge in [0.15, 0.2) is 11.6 Å². The van der Waals surface area contributed by atoms with Crippen LogP contribution in [0.5, 0.6) is 11.6 Å². The van der Waals surface area contributed by atoms with Gasteiger partial charge >= 0.3 is 5.97 Å². The molecule has 0 aliphatic carbocycles. The standard InChI is InChI=1S/C11H6F2N2O3/c12-6-1-2-8(7(13)5-6)18-10-9(11(16)17)14-3-4-15-10/h1-5H,(H,16,17). The maximum absolute atomic E-state index is 13.3. The van der Waals surface area contributed by atoms with E-state index in [1.54, 1.807) is 0 Å². The van der Waals surface area contributed by atoms with Crippen LogP contribution in [0.1, 0.15) is 10.5 Å². The number of aromatic nitrogens is 2. The summed E-state index contributed by atoms with van der Waals surface area (Å²) in [6.45, 7) is 0. The molecule has 0 radical (unpaired) electrons. The molecular weight excluding hydrogens is 246 g/mol. The maximum Gasteiger partial charge on any atom is 0.360 e. The van der Waals surface area contributed by atoms with Gasteiger partial charge in [0.2, 0.25) is 5.69 Å². The van der Waals surface area contributed by atoms with E-state index in [1.165, 1.54) is 6.20 Å². The van der Waals surface area contributed by atoms with E-state index < -0.39 is 23.3 Å². The Morgan fingerprint density at radius 2 is 1.94 bits per heavy atom. The Hall–Kier alpha value is -2.57. The third kappa shape index (κ3) is 2.40. The highest BCUT2D eigenvalue weighted by atomic mass is 19.1. The summed E-state index contributed by atoms with van der Waals surface area (Å²) in [4.78, 5) is 18.0. The van der Waals surface area contributed by atoms with Gasteiger partial charge in [-0.1, -0.05) is 0 Å². The number of nitrogens with zero attached hydrogens (tertiary/aromatic N) is 2. The summed E-state index contributed by atoms with van der Waals surface area (Å²) in [5, 5.41) is 8.82. The van der Waals surface area contributed by atoms with E-state index in [1.807, 2.05) is 0 Å². The molecule has 1 heterocycles. The van der Waals surface area contributed by atoms with E-state index in [4.69, 9.17) is 9.84 Å². The minimum Gasteiger partial charge on any atom is -0.476 e. The summed E-state index contributed by atoms with van der Waals surface area (Å²) in [6, 6.07) is 2.63. The summed E-state index contributed by atoms with van der Waals surface area (Å²) in [7, 11) is 0. The summed E-state index contributed by atoms with van der Waals surface area (Å²) in [5.41, 5.74) is -0.457. The number of hydrogen-bond acceptors (Lipinski definition) is 4.